The molecular formula is C13H18N6O3. The van der Waals surface area contributed by atoms with Crippen molar-refractivity contribution in [3.05, 3.63) is 12.5 Å². The summed E-state index contributed by atoms with van der Waals surface area (Å²) < 4.78 is 7.19. The minimum atomic E-state index is -0.720. The minimum Gasteiger partial charge on any atom is -0.394 e. The molecule has 9 heteroatoms. The van der Waals surface area contributed by atoms with E-state index in [4.69, 9.17) is 9.84 Å². The lowest BCUT2D eigenvalue weighted by Crippen LogP contribution is -2.24. The zero-order chi connectivity index (χ0) is 15.7. The van der Waals surface area contributed by atoms with Crippen molar-refractivity contribution in [2.75, 3.05) is 20.7 Å². The summed E-state index contributed by atoms with van der Waals surface area (Å²) in [5.41, 5.74) is 0.580. The Morgan fingerprint density at radius 2 is 2.32 bits per heavy atom. The van der Waals surface area contributed by atoms with Crippen LogP contribution in [0, 0.1) is 0 Å². The lowest BCUT2D eigenvalue weighted by molar-refractivity contribution is -0.0470. The van der Waals surface area contributed by atoms with Gasteiger partial charge >= 0.3 is 0 Å². The molecule has 3 heterocycles. The molecule has 2 N–H and O–H groups in total. The highest BCUT2D eigenvalue weighted by atomic mass is 16.5. The monoisotopic (exact) mass is 306 g/mol. The van der Waals surface area contributed by atoms with E-state index in [-0.39, 0.29) is 6.61 Å². The van der Waals surface area contributed by atoms with Gasteiger partial charge in [0.25, 0.3) is 0 Å². The molecule has 0 aliphatic carbocycles. The smallest absolute Gasteiger partial charge is 0.167 e. The van der Waals surface area contributed by atoms with E-state index >= 15 is 0 Å². The number of aliphatic imine (C=N–C) groups is 1. The first-order valence-corrected chi connectivity index (χ1v) is 6.93. The molecule has 3 rings (SSSR count). The van der Waals surface area contributed by atoms with Gasteiger partial charge in [0.2, 0.25) is 0 Å². The van der Waals surface area contributed by atoms with Crippen LogP contribution in [0.15, 0.2) is 17.5 Å². The van der Waals surface area contributed by atoms with Gasteiger partial charge in [-0.3, -0.25) is 0 Å². The molecule has 9 nitrogen and oxygen atoms in total. The predicted octanol–water partition coefficient (Wildman–Crippen LogP) is -0.312. The highest BCUT2D eigenvalue weighted by Crippen LogP contribution is 2.31. The fourth-order valence-corrected chi connectivity index (χ4v) is 2.36. The molecule has 2 aromatic heterocycles. The Kier molecular flexibility index (Phi) is 4.01. The Hall–Kier alpha value is -2.10. The quantitative estimate of drug-likeness (QED) is 0.589. The summed E-state index contributed by atoms with van der Waals surface area (Å²) in [7, 11) is 3.74. The summed E-state index contributed by atoms with van der Waals surface area (Å²) in [4.78, 5) is 14.5. The molecule has 0 aromatic carbocycles. The van der Waals surface area contributed by atoms with Crippen LogP contribution in [0.3, 0.4) is 0 Å². The molecule has 0 unspecified atom stereocenters. The second kappa shape index (κ2) is 5.95. The van der Waals surface area contributed by atoms with E-state index in [1.807, 2.05) is 14.1 Å². The average Bonchev–Trinajstić information content (AvgIpc) is 3.08. The first kappa shape index (κ1) is 14.8. The number of fused-ring (bicyclic) bond motifs is 1. The van der Waals surface area contributed by atoms with Gasteiger partial charge in [0.05, 0.1) is 30.6 Å². The number of aromatic nitrogens is 4. The average molecular weight is 306 g/mol. The van der Waals surface area contributed by atoms with Crippen molar-refractivity contribution in [2.45, 2.75) is 24.9 Å². The molecule has 0 bridgehead atoms. The van der Waals surface area contributed by atoms with Crippen molar-refractivity contribution >= 4 is 23.2 Å². The van der Waals surface area contributed by atoms with Crippen LogP contribution in [0.2, 0.25) is 0 Å². The van der Waals surface area contributed by atoms with Crippen LogP contribution in [0.25, 0.3) is 11.0 Å². The van der Waals surface area contributed by atoms with Crippen LogP contribution in [-0.2, 0) is 4.74 Å². The van der Waals surface area contributed by atoms with Gasteiger partial charge in [-0.15, -0.1) is 0 Å². The van der Waals surface area contributed by atoms with Gasteiger partial charge in [-0.2, -0.15) is 5.10 Å². The van der Waals surface area contributed by atoms with E-state index in [2.05, 4.69) is 20.1 Å². The second-order valence-corrected chi connectivity index (χ2v) is 5.35. The Bertz CT molecular complexity index is 685. The highest BCUT2D eigenvalue weighted by Gasteiger charge is 2.35. The molecule has 118 valence electrons. The standard InChI is InChI=1S/C13H18N6O3/c1-18(2)7-16-12-8-4-17-19(13(8)15-6-14-12)11-3-9(21)10(5-20)22-11/h4,6-7,9-11,20-21H,3,5H2,1-2H3/t9-,10-,11-/m1/s1. The molecule has 1 aliphatic rings. The molecule has 0 amide bonds. The summed E-state index contributed by atoms with van der Waals surface area (Å²) in [5, 5.41) is 24.0. The molecular weight excluding hydrogens is 288 g/mol. The lowest BCUT2D eigenvalue weighted by atomic mass is 10.2. The van der Waals surface area contributed by atoms with Crippen molar-refractivity contribution in [1.82, 2.24) is 24.6 Å². The van der Waals surface area contributed by atoms with Gasteiger partial charge in [0, 0.05) is 20.5 Å². The van der Waals surface area contributed by atoms with Gasteiger partial charge in [-0.25, -0.2) is 19.6 Å². The van der Waals surface area contributed by atoms with Crippen LogP contribution in [-0.4, -0.2) is 74.1 Å². The van der Waals surface area contributed by atoms with Crippen molar-refractivity contribution in [3.8, 4) is 0 Å². The zero-order valence-corrected chi connectivity index (χ0v) is 12.4. The third-order valence-electron chi connectivity index (χ3n) is 3.44. The Morgan fingerprint density at radius 3 is 3.00 bits per heavy atom. The van der Waals surface area contributed by atoms with Gasteiger partial charge in [-0.05, 0) is 0 Å². The van der Waals surface area contributed by atoms with Gasteiger partial charge in [-0.1, -0.05) is 0 Å². The van der Waals surface area contributed by atoms with E-state index < -0.39 is 18.4 Å². The fourth-order valence-electron chi connectivity index (χ4n) is 2.36. The van der Waals surface area contributed by atoms with E-state index in [9.17, 15) is 5.11 Å². The topological polar surface area (TPSA) is 109 Å². The number of hydrogen-bond acceptors (Lipinski definition) is 7. The first-order valence-electron chi connectivity index (χ1n) is 6.93. The third-order valence-corrected chi connectivity index (χ3v) is 3.44. The summed E-state index contributed by atoms with van der Waals surface area (Å²) in [6.07, 6.45) is 3.25. The summed E-state index contributed by atoms with van der Waals surface area (Å²) in [6, 6.07) is 0. The Labute approximate surface area is 126 Å². The van der Waals surface area contributed by atoms with E-state index in [0.29, 0.717) is 23.3 Å². The molecule has 0 spiro atoms. The molecule has 0 saturated carbocycles. The number of aliphatic hydroxyl groups is 2. The normalized spacial score (nSPS) is 25.4. The second-order valence-electron chi connectivity index (χ2n) is 5.35. The van der Waals surface area contributed by atoms with Crippen molar-refractivity contribution in [3.63, 3.8) is 0 Å². The number of aliphatic hydroxyl groups excluding tert-OH is 2. The molecule has 3 atom stereocenters. The van der Waals surface area contributed by atoms with Crippen LogP contribution in [0.4, 0.5) is 5.82 Å². The summed E-state index contributed by atoms with van der Waals surface area (Å²) in [5.74, 6) is 0.516. The maximum absolute atomic E-state index is 9.84. The van der Waals surface area contributed by atoms with Gasteiger partial charge in [0.15, 0.2) is 17.7 Å². The van der Waals surface area contributed by atoms with Crippen LogP contribution in [0.1, 0.15) is 12.6 Å². The minimum absolute atomic E-state index is 0.232. The SMILES string of the molecule is CN(C)C=Nc1ncnc2c1cnn2[C@H]1C[C@@H](O)[C@@H](CO)O1. The van der Waals surface area contributed by atoms with Crippen molar-refractivity contribution in [1.29, 1.82) is 0 Å². The van der Waals surface area contributed by atoms with Gasteiger partial charge < -0.3 is 19.8 Å². The summed E-state index contributed by atoms with van der Waals surface area (Å²) >= 11 is 0. The number of ether oxygens (including phenoxy) is 1. The zero-order valence-electron chi connectivity index (χ0n) is 12.4. The Balaban J connectivity index is 1.95. The van der Waals surface area contributed by atoms with E-state index in [1.54, 1.807) is 22.1 Å². The predicted molar refractivity (Wildman–Crippen MR) is 78.8 cm³/mol. The Morgan fingerprint density at radius 1 is 1.50 bits per heavy atom. The van der Waals surface area contributed by atoms with E-state index in [1.165, 1.54) is 6.33 Å². The van der Waals surface area contributed by atoms with Crippen molar-refractivity contribution in [2.24, 2.45) is 4.99 Å². The number of nitrogens with zero attached hydrogens (tertiary/aromatic N) is 6. The molecule has 2 aromatic rings. The van der Waals surface area contributed by atoms with Gasteiger partial charge in [0.1, 0.15) is 12.4 Å². The molecule has 1 aliphatic heterocycles. The molecule has 1 fully saturated rings. The van der Waals surface area contributed by atoms with Crippen LogP contribution >= 0.6 is 0 Å². The third kappa shape index (κ3) is 2.65. The summed E-state index contributed by atoms with van der Waals surface area (Å²) in [6.45, 7) is -0.232. The molecule has 1 saturated heterocycles. The number of rotatable bonds is 4. The largest absolute Gasteiger partial charge is 0.394 e. The lowest BCUT2D eigenvalue weighted by Gasteiger charge is -2.12. The van der Waals surface area contributed by atoms with Crippen LogP contribution in [0.5, 0.6) is 0 Å². The molecule has 22 heavy (non-hydrogen) atoms. The highest BCUT2D eigenvalue weighted by molar-refractivity contribution is 5.86. The fraction of sp³-hybridized carbons (Fsp3) is 0.538. The maximum atomic E-state index is 9.84. The van der Waals surface area contributed by atoms with Crippen molar-refractivity contribution < 1.29 is 14.9 Å². The molecule has 0 radical (unpaired) electrons. The first-order chi connectivity index (χ1) is 10.6. The van der Waals surface area contributed by atoms with Crippen LogP contribution < -0.4 is 0 Å². The maximum Gasteiger partial charge on any atom is 0.167 e. The van der Waals surface area contributed by atoms with E-state index in [0.717, 1.165) is 0 Å². The number of hydrogen-bond donors (Lipinski definition) is 2.